The maximum atomic E-state index is 12.0. The number of nitrogens with zero attached hydrogens (tertiary/aromatic N) is 1. The molecule has 100 valence electrons. The van der Waals surface area contributed by atoms with Crippen molar-refractivity contribution in [1.29, 1.82) is 0 Å². The molecule has 0 fully saturated rings. The van der Waals surface area contributed by atoms with E-state index in [1.54, 1.807) is 0 Å². The fourth-order valence-corrected chi connectivity index (χ4v) is 2.27. The number of carboxylic acid groups (broad SMARTS) is 1. The van der Waals surface area contributed by atoms with E-state index in [1.165, 1.54) is 17.5 Å². The Labute approximate surface area is 113 Å². The van der Waals surface area contributed by atoms with Crippen LogP contribution in [0.25, 0.3) is 11.3 Å². The summed E-state index contributed by atoms with van der Waals surface area (Å²) in [7, 11) is 0. The van der Waals surface area contributed by atoms with E-state index in [2.05, 4.69) is 15.5 Å². The van der Waals surface area contributed by atoms with Crippen molar-refractivity contribution in [2.75, 3.05) is 6.54 Å². The van der Waals surface area contributed by atoms with Crippen LogP contribution in [-0.2, 0) is 4.79 Å². The smallest absolute Gasteiger partial charge is 0.303 e. The predicted octanol–water partition coefficient (Wildman–Crippen LogP) is 1.73. The molecule has 0 radical (unpaired) electrons. The second-order valence-electron chi connectivity index (χ2n) is 3.92. The zero-order valence-electron chi connectivity index (χ0n) is 10.0. The van der Waals surface area contributed by atoms with Crippen molar-refractivity contribution < 1.29 is 14.7 Å². The summed E-state index contributed by atoms with van der Waals surface area (Å²) in [5.41, 5.74) is 2.06. The highest BCUT2D eigenvalue weighted by atomic mass is 32.1. The van der Waals surface area contributed by atoms with Gasteiger partial charge in [0.25, 0.3) is 5.91 Å². The Balaban J connectivity index is 1.97. The second-order valence-corrected chi connectivity index (χ2v) is 4.70. The van der Waals surface area contributed by atoms with Crippen molar-refractivity contribution in [1.82, 2.24) is 15.5 Å². The Kier molecular flexibility index (Phi) is 4.30. The van der Waals surface area contributed by atoms with E-state index in [4.69, 9.17) is 5.11 Å². The van der Waals surface area contributed by atoms with Gasteiger partial charge in [-0.25, -0.2) is 0 Å². The van der Waals surface area contributed by atoms with Gasteiger partial charge in [0.1, 0.15) is 0 Å². The molecule has 7 heteroatoms. The van der Waals surface area contributed by atoms with Gasteiger partial charge < -0.3 is 10.4 Å². The van der Waals surface area contributed by atoms with Crippen LogP contribution in [0.15, 0.2) is 23.0 Å². The molecule has 1 amide bonds. The molecule has 0 saturated heterocycles. The number of thiophene rings is 1. The van der Waals surface area contributed by atoms with Crippen molar-refractivity contribution >= 4 is 23.2 Å². The number of nitrogens with one attached hydrogen (secondary N) is 2. The average Bonchev–Trinajstić information content (AvgIpc) is 3.02. The number of hydrogen-bond donors (Lipinski definition) is 3. The number of aromatic nitrogens is 2. The normalized spacial score (nSPS) is 10.3. The Bertz CT molecular complexity index is 563. The summed E-state index contributed by atoms with van der Waals surface area (Å²) in [4.78, 5) is 22.3. The van der Waals surface area contributed by atoms with Crippen molar-refractivity contribution in [2.45, 2.75) is 12.8 Å². The van der Waals surface area contributed by atoms with Crippen LogP contribution in [0.4, 0.5) is 0 Å². The lowest BCUT2D eigenvalue weighted by molar-refractivity contribution is -0.137. The minimum absolute atomic E-state index is 0.0447. The highest BCUT2D eigenvalue weighted by Gasteiger charge is 2.15. The summed E-state index contributed by atoms with van der Waals surface area (Å²) in [5.74, 6) is -1.11. The number of aliphatic carboxylic acids is 1. The fraction of sp³-hybridized carbons (Fsp3) is 0.250. The van der Waals surface area contributed by atoms with Gasteiger partial charge in [-0.3, -0.25) is 14.7 Å². The van der Waals surface area contributed by atoms with Crippen LogP contribution in [-0.4, -0.2) is 33.7 Å². The van der Waals surface area contributed by atoms with Crippen molar-refractivity contribution in [3.63, 3.8) is 0 Å². The van der Waals surface area contributed by atoms with E-state index in [9.17, 15) is 9.59 Å². The summed E-state index contributed by atoms with van der Waals surface area (Å²) in [6, 6.07) is 1.90. The summed E-state index contributed by atoms with van der Waals surface area (Å²) in [6.07, 6.45) is 1.93. The van der Waals surface area contributed by atoms with Crippen molar-refractivity contribution in [2.24, 2.45) is 0 Å². The Hall–Kier alpha value is -2.15. The van der Waals surface area contributed by atoms with E-state index >= 15 is 0 Å². The van der Waals surface area contributed by atoms with Crippen LogP contribution < -0.4 is 5.32 Å². The molecule has 0 aliphatic rings. The topological polar surface area (TPSA) is 95.1 Å². The molecule has 2 heterocycles. The number of carbonyl (C=O) groups is 2. The highest BCUT2D eigenvalue weighted by molar-refractivity contribution is 7.08. The minimum atomic E-state index is -0.864. The number of hydrogen-bond acceptors (Lipinski definition) is 4. The first kappa shape index (κ1) is 13.3. The first-order valence-corrected chi connectivity index (χ1v) is 6.68. The van der Waals surface area contributed by atoms with Gasteiger partial charge in [0.05, 0.1) is 17.5 Å². The van der Waals surface area contributed by atoms with Crippen molar-refractivity contribution in [3.8, 4) is 11.3 Å². The first-order chi connectivity index (χ1) is 9.18. The van der Waals surface area contributed by atoms with Gasteiger partial charge in [-0.1, -0.05) is 0 Å². The second kappa shape index (κ2) is 6.14. The van der Waals surface area contributed by atoms with Crippen molar-refractivity contribution in [3.05, 3.63) is 28.6 Å². The van der Waals surface area contributed by atoms with E-state index in [-0.39, 0.29) is 12.3 Å². The van der Waals surface area contributed by atoms with Crippen LogP contribution in [0.1, 0.15) is 23.2 Å². The third kappa shape index (κ3) is 3.41. The van der Waals surface area contributed by atoms with E-state index in [0.29, 0.717) is 24.2 Å². The molecule has 0 aliphatic carbocycles. The lowest BCUT2D eigenvalue weighted by atomic mass is 10.1. The van der Waals surface area contributed by atoms with Crippen LogP contribution in [0.2, 0.25) is 0 Å². The zero-order valence-corrected chi connectivity index (χ0v) is 10.9. The molecule has 2 rings (SSSR count). The molecule has 0 aliphatic heterocycles. The molecule has 19 heavy (non-hydrogen) atoms. The molecule has 0 aromatic carbocycles. The summed E-state index contributed by atoms with van der Waals surface area (Å²) < 4.78 is 0. The molecule has 0 spiro atoms. The third-order valence-electron chi connectivity index (χ3n) is 2.55. The molecule has 2 aromatic rings. The minimum Gasteiger partial charge on any atom is -0.481 e. The lowest BCUT2D eigenvalue weighted by Gasteiger charge is -2.04. The Morgan fingerprint density at radius 1 is 1.47 bits per heavy atom. The number of H-pyrrole nitrogens is 1. The summed E-state index contributed by atoms with van der Waals surface area (Å²) in [6.45, 7) is 0.333. The van der Waals surface area contributed by atoms with Gasteiger partial charge in [-0.05, 0) is 17.9 Å². The van der Waals surface area contributed by atoms with E-state index in [0.717, 1.165) is 5.56 Å². The number of carboxylic acids is 1. The van der Waals surface area contributed by atoms with E-state index in [1.807, 2.05) is 16.8 Å². The molecule has 2 aromatic heterocycles. The van der Waals surface area contributed by atoms with Gasteiger partial charge >= 0.3 is 5.97 Å². The molecule has 3 N–H and O–H groups in total. The average molecular weight is 279 g/mol. The van der Waals surface area contributed by atoms with Crippen LogP contribution in [0.5, 0.6) is 0 Å². The largest absolute Gasteiger partial charge is 0.481 e. The fourth-order valence-electron chi connectivity index (χ4n) is 1.62. The molecule has 0 saturated carbocycles. The van der Waals surface area contributed by atoms with Gasteiger partial charge in [0.2, 0.25) is 0 Å². The molecule has 0 atom stereocenters. The maximum absolute atomic E-state index is 12.0. The first-order valence-electron chi connectivity index (χ1n) is 5.74. The Morgan fingerprint density at radius 3 is 3.00 bits per heavy atom. The molecule has 0 unspecified atom stereocenters. The van der Waals surface area contributed by atoms with Crippen LogP contribution in [0, 0.1) is 0 Å². The molecule has 6 nitrogen and oxygen atoms in total. The van der Waals surface area contributed by atoms with Crippen LogP contribution in [0.3, 0.4) is 0 Å². The van der Waals surface area contributed by atoms with Gasteiger partial charge in [-0.15, -0.1) is 0 Å². The predicted molar refractivity (Wildman–Crippen MR) is 71.1 cm³/mol. The monoisotopic (exact) mass is 279 g/mol. The Morgan fingerprint density at radius 2 is 2.32 bits per heavy atom. The van der Waals surface area contributed by atoms with E-state index < -0.39 is 5.97 Å². The van der Waals surface area contributed by atoms with Crippen LogP contribution >= 0.6 is 11.3 Å². The number of aromatic amines is 1. The number of rotatable bonds is 6. The highest BCUT2D eigenvalue weighted by Crippen LogP contribution is 2.23. The number of amides is 1. The molecular weight excluding hydrogens is 266 g/mol. The molecular formula is C12H13N3O3S. The number of carbonyl (C=O) groups excluding carboxylic acids is 1. The van der Waals surface area contributed by atoms with Gasteiger partial charge in [0.15, 0.2) is 0 Å². The maximum Gasteiger partial charge on any atom is 0.303 e. The standard InChI is InChI=1S/C12H13N3O3S/c16-10(17)2-1-4-13-12(18)9-6-14-15-11(9)8-3-5-19-7-8/h3,5-7H,1-2,4H2,(H,13,18)(H,14,15)(H,16,17). The SMILES string of the molecule is O=C(O)CCCNC(=O)c1cn[nH]c1-c1ccsc1. The van der Waals surface area contributed by atoms with Gasteiger partial charge in [0, 0.05) is 23.9 Å². The quantitative estimate of drug-likeness (QED) is 0.702. The van der Waals surface area contributed by atoms with Gasteiger partial charge in [-0.2, -0.15) is 16.4 Å². The summed E-state index contributed by atoms with van der Waals surface area (Å²) in [5, 5.41) is 21.7. The third-order valence-corrected chi connectivity index (χ3v) is 3.23. The lowest BCUT2D eigenvalue weighted by Crippen LogP contribution is -2.25. The zero-order chi connectivity index (χ0) is 13.7. The summed E-state index contributed by atoms with van der Waals surface area (Å²) >= 11 is 1.54. The molecule has 0 bridgehead atoms.